The lowest BCUT2D eigenvalue weighted by Crippen LogP contribution is -2.25. The van der Waals surface area contributed by atoms with Gasteiger partial charge in [-0.25, -0.2) is 4.39 Å². The summed E-state index contributed by atoms with van der Waals surface area (Å²) in [6, 6.07) is 7.01. The van der Waals surface area contributed by atoms with Crippen LogP contribution in [0.4, 0.5) is 4.39 Å². The van der Waals surface area contributed by atoms with Crippen LogP contribution < -0.4 is 0 Å². The third-order valence-corrected chi connectivity index (χ3v) is 6.14. The fourth-order valence-corrected chi connectivity index (χ4v) is 4.67. The van der Waals surface area contributed by atoms with Crippen LogP contribution in [0.25, 0.3) is 0 Å². The predicted molar refractivity (Wildman–Crippen MR) is 105 cm³/mol. The minimum Gasteiger partial charge on any atom is -0.508 e. The number of unbranched alkanes of at least 4 members (excludes halogenated alkanes) is 1. The van der Waals surface area contributed by atoms with Gasteiger partial charge in [0, 0.05) is 6.42 Å². The van der Waals surface area contributed by atoms with E-state index in [0.717, 1.165) is 17.4 Å². The molecule has 2 unspecified atom stereocenters. The summed E-state index contributed by atoms with van der Waals surface area (Å²) in [6.07, 6.45) is 12.1. The van der Waals surface area contributed by atoms with Gasteiger partial charge in [-0.15, -0.1) is 0 Å². The van der Waals surface area contributed by atoms with Gasteiger partial charge in [-0.3, -0.25) is 0 Å². The Kier molecular flexibility index (Phi) is 8.78. The Balaban J connectivity index is 1.87. The van der Waals surface area contributed by atoms with Crippen LogP contribution in [0.3, 0.4) is 0 Å². The van der Waals surface area contributed by atoms with E-state index in [9.17, 15) is 9.50 Å². The highest BCUT2D eigenvalue weighted by Crippen LogP contribution is 2.39. The van der Waals surface area contributed by atoms with E-state index in [2.05, 4.69) is 13.8 Å². The molecule has 1 aromatic rings. The van der Waals surface area contributed by atoms with Crippen molar-refractivity contribution >= 4 is 0 Å². The van der Waals surface area contributed by atoms with Crippen molar-refractivity contribution in [2.24, 2.45) is 17.8 Å². The summed E-state index contributed by atoms with van der Waals surface area (Å²) < 4.78 is 14.8. The number of benzene rings is 1. The number of alkyl halides is 1. The van der Waals surface area contributed by atoms with Crippen LogP contribution in [0, 0.1) is 17.8 Å². The molecule has 0 saturated heterocycles. The molecule has 1 nitrogen and oxygen atoms in total. The largest absolute Gasteiger partial charge is 0.508 e. The molecule has 1 aliphatic rings. The summed E-state index contributed by atoms with van der Waals surface area (Å²) >= 11 is 0. The zero-order valence-electron chi connectivity index (χ0n) is 16.2. The standard InChI is InChI=1S/C23H37FO/c1-3-5-7-21(20-12-8-18(6-4-2)9-13-20)17-22(24)16-19-10-14-23(25)15-11-19/h10-11,14-15,18,20-22,25H,3-9,12-13,16-17H2,1-2H3. The highest BCUT2D eigenvalue weighted by molar-refractivity contribution is 5.26. The van der Waals surface area contributed by atoms with E-state index in [1.54, 1.807) is 12.1 Å². The molecule has 1 fully saturated rings. The van der Waals surface area contributed by atoms with Crippen molar-refractivity contribution in [3.8, 4) is 5.75 Å². The van der Waals surface area contributed by atoms with Crippen LogP contribution in [0.5, 0.6) is 5.75 Å². The van der Waals surface area contributed by atoms with E-state index in [-0.39, 0.29) is 5.75 Å². The molecular weight excluding hydrogens is 311 g/mol. The van der Waals surface area contributed by atoms with Gasteiger partial charge in [-0.05, 0) is 54.7 Å². The molecule has 0 amide bonds. The van der Waals surface area contributed by atoms with Gasteiger partial charge in [0.1, 0.15) is 11.9 Å². The molecule has 1 N–H and O–H groups in total. The third kappa shape index (κ3) is 6.99. The maximum atomic E-state index is 14.8. The molecule has 25 heavy (non-hydrogen) atoms. The molecule has 0 heterocycles. The van der Waals surface area contributed by atoms with Crippen molar-refractivity contribution < 1.29 is 9.50 Å². The lowest BCUT2D eigenvalue weighted by molar-refractivity contribution is 0.148. The van der Waals surface area contributed by atoms with Crippen LogP contribution >= 0.6 is 0 Å². The number of halogens is 1. The molecule has 2 heteroatoms. The van der Waals surface area contributed by atoms with Crippen LogP contribution in [-0.2, 0) is 6.42 Å². The van der Waals surface area contributed by atoms with Crippen molar-refractivity contribution in [3.63, 3.8) is 0 Å². The normalized spacial score (nSPS) is 23.3. The Morgan fingerprint density at radius 3 is 2.32 bits per heavy atom. The molecule has 0 aromatic heterocycles. The first-order chi connectivity index (χ1) is 12.1. The second-order valence-electron chi connectivity index (χ2n) is 8.18. The van der Waals surface area contributed by atoms with E-state index < -0.39 is 6.17 Å². The van der Waals surface area contributed by atoms with Crippen molar-refractivity contribution in [1.82, 2.24) is 0 Å². The van der Waals surface area contributed by atoms with Gasteiger partial charge in [0.2, 0.25) is 0 Å². The minimum absolute atomic E-state index is 0.254. The van der Waals surface area contributed by atoms with Gasteiger partial charge in [-0.2, -0.15) is 0 Å². The van der Waals surface area contributed by atoms with Gasteiger partial charge in [0.25, 0.3) is 0 Å². The SMILES string of the molecule is CCCCC(CC(F)Cc1ccc(O)cc1)C1CCC(CCC)CC1. The average molecular weight is 349 g/mol. The van der Waals surface area contributed by atoms with Crippen LogP contribution in [-0.4, -0.2) is 11.3 Å². The van der Waals surface area contributed by atoms with Crippen LogP contribution in [0.1, 0.15) is 83.6 Å². The third-order valence-electron chi connectivity index (χ3n) is 6.14. The Morgan fingerprint density at radius 2 is 1.72 bits per heavy atom. The van der Waals surface area contributed by atoms with E-state index in [0.29, 0.717) is 18.8 Å². The fourth-order valence-electron chi connectivity index (χ4n) is 4.67. The first-order valence-corrected chi connectivity index (χ1v) is 10.5. The Bertz CT molecular complexity index is 461. The van der Waals surface area contributed by atoms with E-state index in [4.69, 9.17) is 0 Å². The van der Waals surface area contributed by atoms with Crippen molar-refractivity contribution in [3.05, 3.63) is 29.8 Å². The van der Waals surface area contributed by atoms with Gasteiger partial charge in [0.15, 0.2) is 0 Å². The van der Waals surface area contributed by atoms with Crippen molar-refractivity contribution in [2.45, 2.75) is 90.6 Å². The fraction of sp³-hybridized carbons (Fsp3) is 0.739. The van der Waals surface area contributed by atoms with Crippen LogP contribution in [0.2, 0.25) is 0 Å². The predicted octanol–water partition coefficient (Wildman–Crippen LogP) is 7.08. The molecule has 0 aliphatic heterocycles. The average Bonchev–Trinajstić information content (AvgIpc) is 2.61. The monoisotopic (exact) mass is 348 g/mol. The number of phenols is 1. The molecule has 142 valence electrons. The molecule has 1 saturated carbocycles. The summed E-state index contributed by atoms with van der Waals surface area (Å²) in [4.78, 5) is 0. The Hall–Kier alpha value is -1.05. The molecule has 0 bridgehead atoms. The number of phenolic OH excluding ortho intramolecular Hbond substituents is 1. The van der Waals surface area contributed by atoms with E-state index >= 15 is 0 Å². The summed E-state index contributed by atoms with van der Waals surface area (Å²) in [5.74, 6) is 2.46. The van der Waals surface area contributed by atoms with Crippen molar-refractivity contribution in [1.29, 1.82) is 0 Å². The Morgan fingerprint density at radius 1 is 1.04 bits per heavy atom. The quantitative estimate of drug-likeness (QED) is 0.479. The second-order valence-corrected chi connectivity index (χ2v) is 8.18. The zero-order valence-corrected chi connectivity index (χ0v) is 16.2. The molecule has 2 rings (SSSR count). The molecule has 1 aliphatic carbocycles. The van der Waals surface area contributed by atoms with Gasteiger partial charge in [-0.1, -0.05) is 70.9 Å². The van der Waals surface area contributed by atoms with Gasteiger partial charge < -0.3 is 5.11 Å². The maximum Gasteiger partial charge on any atom is 0.115 e. The molecule has 1 aromatic carbocycles. The highest BCUT2D eigenvalue weighted by Gasteiger charge is 2.28. The van der Waals surface area contributed by atoms with E-state index in [1.165, 1.54) is 57.8 Å². The lowest BCUT2D eigenvalue weighted by Gasteiger charge is -2.34. The second kappa shape index (κ2) is 10.8. The smallest absolute Gasteiger partial charge is 0.115 e. The summed E-state index contributed by atoms with van der Waals surface area (Å²) in [5.41, 5.74) is 0.992. The molecule has 0 radical (unpaired) electrons. The highest BCUT2D eigenvalue weighted by atomic mass is 19.1. The van der Waals surface area contributed by atoms with Gasteiger partial charge >= 0.3 is 0 Å². The molecule has 0 spiro atoms. The zero-order chi connectivity index (χ0) is 18.1. The van der Waals surface area contributed by atoms with Crippen molar-refractivity contribution in [2.75, 3.05) is 0 Å². The van der Waals surface area contributed by atoms with Gasteiger partial charge in [0.05, 0.1) is 0 Å². The molecular formula is C23H37FO. The number of hydrogen-bond donors (Lipinski definition) is 1. The first-order valence-electron chi connectivity index (χ1n) is 10.5. The molecule has 2 atom stereocenters. The topological polar surface area (TPSA) is 20.2 Å². The number of hydrogen-bond acceptors (Lipinski definition) is 1. The minimum atomic E-state index is -0.764. The Labute approximate surface area is 154 Å². The summed E-state index contributed by atoms with van der Waals surface area (Å²) in [5, 5.41) is 9.37. The lowest BCUT2D eigenvalue weighted by atomic mass is 9.71. The van der Waals surface area contributed by atoms with Crippen LogP contribution in [0.15, 0.2) is 24.3 Å². The first kappa shape index (κ1) is 20.3. The number of rotatable bonds is 10. The summed E-state index contributed by atoms with van der Waals surface area (Å²) in [7, 11) is 0. The summed E-state index contributed by atoms with van der Waals surface area (Å²) in [6.45, 7) is 4.52. The van der Waals surface area contributed by atoms with E-state index in [1.807, 2.05) is 12.1 Å². The maximum absolute atomic E-state index is 14.8. The number of aromatic hydroxyl groups is 1.